The Bertz CT molecular complexity index is 394. The zero-order valence-electron chi connectivity index (χ0n) is 9.48. The summed E-state index contributed by atoms with van der Waals surface area (Å²) in [5.74, 6) is 0.0635. The molecule has 0 aliphatic heterocycles. The van der Waals surface area contributed by atoms with Crippen LogP contribution in [-0.2, 0) is 9.53 Å². The summed E-state index contributed by atoms with van der Waals surface area (Å²) in [6, 6.07) is 10.1. The summed E-state index contributed by atoms with van der Waals surface area (Å²) in [5, 5.41) is 0. The molecule has 0 bridgehead atoms. The first kappa shape index (κ1) is 10.9. The second kappa shape index (κ2) is 4.52. The van der Waals surface area contributed by atoms with Crippen LogP contribution in [0.2, 0.25) is 0 Å². The van der Waals surface area contributed by atoms with Crippen LogP contribution < -0.4 is 0 Å². The van der Waals surface area contributed by atoms with E-state index in [2.05, 4.69) is 18.7 Å². The lowest BCUT2D eigenvalue weighted by Gasteiger charge is -2.17. The van der Waals surface area contributed by atoms with Gasteiger partial charge >= 0.3 is 5.97 Å². The van der Waals surface area contributed by atoms with E-state index in [0.29, 0.717) is 0 Å². The molecule has 2 rings (SSSR count). The highest BCUT2D eigenvalue weighted by Gasteiger charge is 2.36. The van der Waals surface area contributed by atoms with E-state index < -0.39 is 0 Å². The van der Waals surface area contributed by atoms with Gasteiger partial charge in [0.05, 0.1) is 13.0 Å². The molecule has 0 aromatic heterocycles. The van der Waals surface area contributed by atoms with Crippen molar-refractivity contribution in [3.8, 4) is 0 Å². The number of benzene rings is 1. The van der Waals surface area contributed by atoms with Crippen LogP contribution in [0.1, 0.15) is 24.3 Å². The fourth-order valence-corrected chi connectivity index (χ4v) is 2.44. The summed E-state index contributed by atoms with van der Waals surface area (Å²) in [6.07, 6.45) is 1.65. The van der Waals surface area contributed by atoms with Crippen LogP contribution in [0.25, 0.3) is 0 Å². The van der Waals surface area contributed by atoms with E-state index in [4.69, 9.17) is 4.74 Å². The van der Waals surface area contributed by atoms with Crippen molar-refractivity contribution >= 4 is 5.97 Å². The lowest BCUT2D eigenvalue weighted by molar-refractivity contribution is -0.145. The van der Waals surface area contributed by atoms with Gasteiger partial charge in [-0.3, -0.25) is 4.79 Å². The molecule has 1 aromatic rings. The quantitative estimate of drug-likeness (QED) is 0.561. The standard InChI is InChI=1S/C14H16O2/c1-10-8-12(11-6-4-3-5-7-11)13(9-10)14(15)16-2/h3-7,12-13H,1,8-9H2,2H3/t12?,13-/m0/s1. The predicted octanol–water partition coefficient (Wildman–Crippen LogP) is 2.91. The van der Waals surface area contributed by atoms with E-state index in [9.17, 15) is 4.79 Å². The predicted molar refractivity (Wildman–Crippen MR) is 63.1 cm³/mol. The molecule has 1 aromatic carbocycles. The normalized spacial score (nSPS) is 24.4. The van der Waals surface area contributed by atoms with E-state index in [1.165, 1.54) is 12.7 Å². The average Bonchev–Trinajstić information content (AvgIpc) is 2.71. The van der Waals surface area contributed by atoms with Crippen LogP contribution in [0.3, 0.4) is 0 Å². The molecule has 1 fully saturated rings. The molecule has 0 spiro atoms. The van der Waals surface area contributed by atoms with Crippen molar-refractivity contribution < 1.29 is 9.53 Å². The maximum absolute atomic E-state index is 11.7. The Hall–Kier alpha value is -1.57. The Morgan fingerprint density at radius 3 is 2.62 bits per heavy atom. The highest BCUT2D eigenvalue weighted by molar-refractivity contribution is 5.75. The van der Waals surface area contributed by atoms with Crippen LogP contribution in [0.15, 0.2) is 42.5 Å². The van der Waals surface area contributed by atoms with E-state index in [-0.39, 0.29) is 17.8 Å². The Balaban J connectivity index is 2.26. The van der Waals surface area contributed by atoms with Crippen molar-refractivity contribution in [1.29, 1.82) is 0 Å². The maximum atomic E-state index is 11.7. The zero-order valence-corrected chi connectivity index (χ0v) is 9.48. The van der Waals surface area contributed by atoms with Gasteiger partial charge in [-0.1, -0.05) is 42.5 Å². The summed E-state index contributed by atoms with van der Waals surface area (Å²) in [7, 11) is 1.45. The number of methoxy groups -OCH3 is 1. The molecule has 0 saturated heterocycles. The number of carbonyl (C=O) groups is 1. The lowest BCUT2D eigenvalue weighted by atomic mass is 9.89. The molecule has 2 atom stereocenters. The molecule has 1 aliphatic carbocycles. The molecule has 0 heterocycles. The fourth-order valence-electron chi connectivity index (χ4n) is 2.44. The van der Waals surface area contributed by atoms with Crippen LogP contribution in [0.4, 0.5) is 0 Å². The van der Waals surface area contributed by atoms with Gasteiger partial charge in [0.25, 0.3) is 0 Å². The average molecular weight is 216 g/mol. The fraction of sp³-hybridized carbons (Fsp3) is 0.357. The van der Waals surface area contributed by atoms with E-state index >= 15 is 0 Å². The van der Waals surface area contributed by atoms with Gasteiger partial charge in [0.1, 0.15) is 0 Å². The number of carbonyl (C=O) groups excluding carboxylic acids is 1. The highest BCUT2D eigenvalue weighted by atomic mass is 16.5. The van der Waals surface area contributed by atoms with Gasteiger partial charge < -0.3 is 4.74 Å². The summed E-state index contributed by atoms with van der Waals surface area (Å²) < 4.78 is 4.85. The molecular weight excluding hydrogens is 200 g/mol. The summed E-state index contributed by atoms with van der Waals surface area (Å²) in [4.78, 5) is 11.7. The van der Waals surface area contributed by atoms with Crippen LogP contribution >= 0.6 is 0 Å². The number of hydrogen-bond donors (Lipinski definition) is 0. The Morgan fingerprint density at radius 1 is 1.31 bits per heavy atom. The Morgan fingerprint density at radius 2 is 2.00 bits per heavy atom. The summed E-state index contributed by atoms with van der Waals surface area (Å²) in [6.45, 7) is 3.99. The number of rotatable bonds is 2. The Kier molecular flexibility index (Phi) is 3.09. The molecule has 1 unspecified atom stereocenters. The van der Waals surface area contributed by atoms with Gasteiger partial charge in [-0.15, -0.1) is 0 Å². The summed E-state index contributed by atoms with van der Waals surface area (Å²) >= 11 is 0. The van der Waals surface area contributed by atoms with Gasteiger partial charge in [-0.05, 0) is 18.4 Å². The van der Waals surface area contributed by atoms with Crippen molar-refractivity contribution in [2.45, 2.75) is 18.8 Å². The van der Waals surface area contributed by atoms with Gasteiger partial charge in [0, 0.05) is 5.92 Å². The minimum absolute atomic E-state index is 0.0556. The van der Waals surface area contributed by atoms with Crippen molar-refractivity contribution in [2.75, 3.05) is 7.11 Å². The molecule has 0 radical (unpaired) electrons. The minimum atomic E-state index is -0.118. The first-order chi connectivity index (χ1) is 7.72. The number of allylic oxidation sites excluding steroid dienone is 1. The second-order valence-electron chi connectivity index (χ2n) is 4.31. The van der Waals surface area contributed by atoms with Crippen LogP contribution in [0, 0.1) is 5.92 Å². The first-order valence-corrected chi connectivity index (χ1v) is 5.52. The van der Waals surface area contributed by atoms with Crippen molar-refractivity contribution in [1.82, 2.24) is 0 Å². The highest BCUT2D eigenvalue weighted by Crippen LogP contribution is 2.42. The number of hydrogen-bond acceptors (Lipinski definition) is 2. The smallest absolute Gasteiger partial charge is 0.309 e. The molecule has 84 valence electrons. The van der Waals surface area contributed by atoms with Gasteiger partial charge in [0.15, 0.2) is 0 Å². The number of esters is 1. The summed E-state index contributed by atoms with van der Waals surface area (Å²) in [5.41, 5.74) is 2.35. The maximum Gasteiger partial charge on any atom is 0.309 e. The van der Waals surface area contributed by atoms with E-state index in [1.54, 1.807) is 0 Å². The molecule has 0 N–H and O–H groups in total. The van der Waals surface area contributed by atoms with E-state index in [0.717, 1.165) is 18.4 Å². The van der Waals surface area contributed by atoms with Crippen molar-refractivity contribution in [3.63, 3.8) is 0 Å². The van der Waals surface area contributed by atoms with E-state index in [1.807, 2.05) is 18.2 Å². The largest absolute Gasteiger partial charge is 0.469 e. The van der Waals surface area contributed by atoms with Gasteiger partial charge in [-0.2, -0.15) is 0 Å². The van der Waals surface area contributed by atoms with Crippen molar-refractivity contribution in [2.24, 2.45) is 5.92 Å². The molecule has 2 heteroatoms. The zero-order chi connectivity index (χ0) is 11.5. The monoisotopic (exact) mass is 216 g/mol. The van der Waals surface area contributed by atoms with Crippen LogP contribution in [-0.4, -0.2) is 13.1 Å². The lowest BCUT2D eigenvalue weighted by Crippen LogP contribution is -2.18. The molecular formula is C14H16O2. The molecule has 1 saturated carbocycles. The molecule has 0 amide bonds. The SMILES string of the molecule is C=C1CC(c2ccccc2)[C@@H](C(=O)OC)C1. The second-order valence-corrected chi connectivity index (χ2v) is 4.31. The van der Waals surface area contributed by atoms with Gasteiger partial charge in [0.2, 0.25) is 0 Å². The van der Waals surface area contributed by atoms with Crippen molar-refractivity contribution in [3.05, 3.63) is 48.0 Å². The Labute approximate surface area is 95.9 Å². The first-order valence-electron chi connectivity index (χ1n) is 5.52. The minimum Gasteiger partial charge on any atom is -0.469 e. The number of ether oxygens (including phenoxy) is 1. The molecule has 1 aliphatic rings. The molecule has 16 heavy (non-hydrogen) atoms. The molecule has 2 nitrogen and oxygen atoms in total. The third-order valence-electron chi connectivity index (χ3n) is 3.23. The third-order valence-corrected chi connectivity index (χ3v) is 3.23. The third kappa shape index (κ3) is 2.01. The topological polar surface area (TPSA) is 26.3 Å². The van der Waals surface area contributed by atoms with Gasteiger partial charge in [-0.25, -0.2) is 0 Å². The van der Waals surface area contributed by atoms with Crippen LogP contribution in [0.5, 0.6) is 0 Å².